The van der Waals surface area contributed by atoms with E-state index >= 15 is 0 Å². The summed E-state index contributed by atoms with van der Waals surface area (Å²) in [5, 5.41) is 2.14. The summed E-state index contributed by atoms with van der Waals surface area (Å²) < 4.78 is 73.4. The molecule has 1 aromatic heterocycles. The molecular formula is C29H26N3O7S3+. The van der Waals surface area contributed by atoms with Gasteiger partial charge in [-0.05, 0) is 40.8 Å². The highest BCUT2D eigenvalue weighted by atomic mass is 32.2. The highest BCUT2D eigenvalue weighted by Gasteiger charge is 2.34. The zero-order valence-electron chi connectivity index (χ0n) is 22.3. The van der Waals surface area contributed by atoms with Crippen molar-refractivity contribution in [1.29, 1.82) is 0 Å². The molecule has 0 spiro atoms. The molecular weight excluding hydrogens is 599 g/mol. The molecule has 2 N–H and O–H groups in total. The topological polar surface area (TPSA) is 126 Å². The van der Waals surface area contributed by atoms with Crippen LogP contribution < -0.4 is 19.7 Å². The number of thiazole rings is 1. The van der Waals surface area contributed by atoms with Crippen LogP contribution in [0.1, 0.15) is 11.9 Å². The Morgan fingerprint density at radius 3 is 2.50 bits per heavy atom. The van der Waals surface area contributed by atoms with Crippen LogP contribution in [0.25, 0.3) is 38.2 Å². The van der Waals surface area contributed by atoms with Crippen molar-refractivity contribution in [2.45, 2.75) is 12.8 Å². The lowest BCUT2D eigenvalue weighted by Gasteiger charge is -2.18. The molecule has 216 valence electrons. The summed E-state index contributed by atoms with van der Waals surface area (Å²) in [4.78, 5) is 1.47. The lowest BCUT2D eigenvalue weighted by atomic mass is 10.0. The molecule has 0 amide bonds. The predicted octanol–water partition coefficient (Wildman–Crippen LogP) is 4.88. The molecule has 13 heteroatoms. The van der Waals surface area contributed by atoms with Crippen molar-refractivity contribution < 1.29 is 35.0 Å². The van der Waals surface area contributed by atoms with Gasteiger partial charge in [-0.2, -0.15) is 31.2 Å². The molecule has 6 rings (SSSR count). The molecule has 0 saturated heterocycles. The van der Waals surface area contributed by atoms with Gasteiger partial charge in [-0.25, -0.2) is 0 Å². The summed E-state index contributed by atoms with van der Waals surface area (Å²) in [5.74, 6) is -0.706. The average molecular weight is 625 g/mol. The Balaban J connectivity index is 1.52. The summed E-state index contributed by atoms with van der Waals surface area (Å²) in [6, 6.07) is 26.5. The minimum absolute atomic E-state index is 0.152. The van der Waals surface area contributed by atoms with E-state index in [4.69, 9.17) is 9.02 Å². The molecule has 4 aromatic carbocycles. The number of nitrogens with zero attached hydrogens (tertiary/aromatic N) is 2. The molecule has 0 atom stereocenters. The van der Waals surface area contributed by atoms with Gasteiger partial charge >= 0.3 is 20.2 Å². The standard InChI is InChI=1S/C29H25N3O7S3/c1-2-30-39-42(36,37)19-31-24-16-22(20-8-4-3-5-9-20)12-14-25(24)38-27(31)17-28-32(18-41(33,34)35)29-23-11-7-6-10-21(23)13-15-26(29)40-28/h3-17,30H,2,18-19H2,1H3/p+1. The van der Waals surface area contributed by atoms with Gasteiger partial charge in [0.1, 0.15) is 4.70 Å². The smallest absolute Gasteiger partial charge is 0.326 e. The van der Waals surface area contributed by atoms with Gasteiger partial charge in [0, 0.05) is 6.54 Å². The fourth-order valence-corrected chi connectivity index (χ4v) is 7.58. The molecule has 5 aromatic rings. The normalized spacial score (nSPS) is 14.5. The molecule has 0 fully saturated rings. The number of hydrogen-bond donors (Lipinski definition) is 2. The largest absolute Gasteiger partial charge is 0.438 e. The number of benzene rings is 4. The molecule has 1 aliphatic rings. The summed E-state index contributed by atoms with van der Waals surface area (Å²) in [5.41, 5.74) is 5.30. The summed E-state index contributed by atoms with van der Waals surface area (Å²) in [7, 11) is -8.55. The van der Waals surface area contributed by atoms with Crippen molar-refractivity contribution in [3.8, 4) is 16.9 Å². The van der Waals surface area contributed by atoms with Crippen LogP contribution in [0.3, 0.4) is 0 Å². The fraction of sp³-hybridized carbons (Fsp3) is 0.138. The number of anilines is 1. The third-order valence-corrected chi connectivity index (χ3v) is 9.24. The second-order valence-corrected chi connectivity index (χ2v) is 13.6. The summed E-state index contributed by atoms with van der Waals surface area (Å²) in [6.07, 6.45) is 1.58. The number of aromatic nitrogens is 1. The van der Waals surface area contributed by atoms with E-state index in [1.807, 2.05) is 78.9 Å². The van der Waals surface area contributed by atoms with Crippen LogP contribution >= 0.6 is 11.3 Å². The number of nitrogens with one attached hydrogen (secondary N) is 1. The van der Waals surface area contributed by atoms with Gasteiger partial charge in [-0.1, -0.05) is 78.9 Å². The predicted molar refractivity (Wildman–Crippen MR) is 163 cm³/mol. The average Bonchev–Trinajstić information content (AvgIpc) is 3.48. The van der Waals surface area contributed by atoms with E-state index in [1.54, 1.807) is 19.1 Å². The molecule has 0 bridgehead atoms. The maximum Gasteiger partial charge on any atom is 0.326 e. The van der Waals surface area contributed by atoms with Gasteiger partial charge in [0.25, 0.3) is 10.9 Å². The molecule has 0 aliphatic carbocycles. The minimum atomic E-state index is -4.44. The van der Waals surface area contributed by atoms with Gasteiger partial charge in [0.05, 0.1) is 17.1 Å². The van der Waals surface area contributed by atoms with Crippen molar-refractivity contribution >= 4 is 64.3 Å². The first-order chi connectivity index (χ1) is 20.1. The van der Waals surface area contributed by atoms with Crippen molar-refractivity contribution in [1.82, 2.24) is 5.48 Å². The van der Waals surface area contributed by atoms with Crippen LogP contribution in [0.5, 0.6) is 5.75 Å². The summed E-state index contributed by atoms with van der Waals surface area (Å²) in [6.45, 7) is 1.99. The molecule has 1 aliphatic heterocycles. The third-order valence-electron chi connectivity index (χ3n) is 6.61. The Labute approximate surface area is 246 Å². The quantitative estimate of drug-likeness (QED) is 0.134. The highest BCUT2D eigenvalue weighted by Crippen LogP contribution is 2.43. The van der Waals surface area contributed by atoms with Gasteiger partial charge in [-0.15, -0.1) is 0 Å². The third kappa shape index (κ3) is 5.75. The zero-order valence-corrected chi connectivity index (χ0v) is 24.7. The Hall–Kier alpha value is -3.85. The molecule has 2 heterocycles. The molecule has 0 unspecified atom stereocenters. The van der Waals surface area contributed by atoms with E-state index in [-0.39, 0.29) is 12.4 Å². The van der Waals surface area contributed by atoms with E-state index < -0.39 is 32.0 Å². The molecule has 0 radical (unpaired) electrons. The minimum Gasteiger partial charge on any atom is -0.438 e. The first-order valence-corrected chi connectivity index (χ1v) is 16.9. The van der Waals surface area contributed by atoms with Crippen molar-refractivity contribution in [2.24, 2.45) is 0 Å². The summed E-state index contributed by atoms with van der Waals surface area (Å²) >= 11 is 1.29. The Bertz CT molecular complexity index is 2060. The van der Waals surface area contributed by atoms with E-state index in [0.29, 0.717) is 22.0 Å². The van der Waals surface area contributed by atoms with Crippen LogP contribution in [0.15, 0.2) is 90.8 Å². The Kier molecular flexibility index (Phi) is 7.47. The van der Waals surface area contributed by atoms with Crippen LogP contribution in [0.2, 0.25) is 0 Å². The first-order valence-electron chi connectivity index (χ1n) is 12.9. The molecule has 10 nitrogen and oxygen atoms in total. The number of fused-ring (bicyclic) bond motifs is 4. The number of rotatable bonds is 9. The van der Waals surface area contributed by atoms with Gasteiger partial charge in [0.15, 0.2) is 11.6 Å². The maximum atomic E-state index is 12.9. The van der Waals surface area contributed by atoms with Gasteiger partial charge < -0.3 is 4.74 Å². The van der Waals surface area contributed by atoms with Crippen LogP contribution in [0, 0.1) is 0 Å². The van der Waals surface area contributed by atoms with Gasteiger partial charge in [0.2, 0.25) is 11.4 Å². The number of hydrogen-bond acceptors (Lipinski definition) is 9. The van der Waals surface area contributed by atoms with E-state index in [9.17, 15) is 21.4 Å². The van der Waals surface area contributed by atoms with Gasteiger partial charge in [-0.3, -0.25) is 9.45 Å². The van der Waals surface area contributed by atoms with Crippen molar-refractivity contribution in [3.05, 3.63) is 95.8 Å². The fourth-order valence-electron chi connectivity index (χ4n) is 4.86. The van der Waals surface area contributed by atoms with E-state index in [0.717, 1.165) is 26.6 Å². The van der Waals surface area contributed by atoms with Crippen LogP contribution in [-0.2, 0) is 30.4 Å². The Morgan fingerprint density at radius 1 is 0.976 bits per heavy atom. The SMILES string of the molecule is CCNOS(=O)(=O)CN1C(=Cc2sc3ccc4ccccc4c3[n+]2CS(=O)(=O)O)Oc2ccc(-c3ccccc3)cc21. The molecule has 0 saturated carbocycles. The Morgan fingerprint density at radius 2 is 1.74 bits per heavy atom. The lowest BCUT2D eigenvalue weighted by Crippen LogP contribution is -2.39. The zero-order chi connectivity index (χ0) is 29.5. The molecule has 42 heavy (non-hydrogen) atoms. The van der Waals surface area contributed by atoms with Crippen LogP contribution in [-0.4, -0.2) is 33.8 Å². The number of hydroxylamine groups is 1. The van der Waals surface area contributed by atoms with E-state index in [1.165, 1.54) is 20.8 Å². The van der Waals surface area contributed by atoms with Crippen LogP contribution in [0.4, 0.5) is 5.69 Å². The first kappa shape index (κ1) is 28.3. The van der Waals surface area contributed by atoms with E-state index in [2.05, 4.69) is 5.48 Å². The monoisotopic (exact) mass is 624 g/mol. The number of ether oxygens (including phenoxy) is 1. The maximum absolute atomic E-state index is 12.9. The second kappa shape index (κ2) is 11.1. The second-order valence-electron chi connectivity index (χ2n) is 9.54. The van der Waals surface area contributed by atoms with Crippen molar-refractivity contribution in [3.63, 3.8) is 0 Å². The van der Waals surface area contributed by atoms with Crippen molar-refractivity contribution in [2.75, 3.05) is 17.3 Å². The lowest BCUT2D eigenvalue weighted by molar-refractivity contribution is -0.648. The highest BCUT2D eigenvalue weighted by molar-refractivity contribution is 7.86.